The van der Waals surface area contributed by atoms with Crippen LogP contribution in [-0.2, 0) is 24.2 Å². The van der Waals surface area contributed by atoms with E-state index in [-0.39, 0.29) is 30.3 Å². The molecule has 0 amide bonds. The van der Waals surface area contributed by atoms with E-state index in [1.165, 1.54) is 12.5 Å². The maximum absolute atomic E-state index is 12.3. The molecule has 5 nitrogen and oxygen atoms in total. The van der Waals surface area contributed by atoms with E-state index in [0.29, 0.717) is 5.57 Å². The van der Waals surface area contributed by atoms with E-state index >= 15 is 0 Å². The Balaban J connectivity index is 4.78. The van der Waals surface area contributed by atoms with Crippen molar-refractivity contribution in [1.82, 2.24) is 0 Å². The predicted octanol–water partition coefficient (Wildman–Crippen LogP) is 4.20. The fraction of sp³-hybridized carbons (Fsp3) is 0.619. The topological polar surface area (TPSA) is 77.5 Å². The van der Waals surface area contributed by atoms with Crippen molar-refractivity contribution in [3.8, 4) is 0 Å². The minimum absolute atomic E-state index is 0.00710. The summed E-state index contributed by atoms with van der Waals surface area (Å²) < 4.78 is 29.5. The van der Waals surface area contributed by atoms with Crippen LogP contribution in [0.25, 0.3) is 0 Å². The first-order chi connectivity index (χ1) is 12.5. The van der Waals surface area contributed by atoms with Crippen LogP contribution in [0.5, 0.6) is 0 Å². The third-order valence-corrected chi connectivity index (χ3v) is 5.56. The average Bonchev–Trinajstić information content (AvgIpc) is 2.52. The van der Waals surface area contributed by atoms with Crippen LogP contribution >= 0.6 is 0 Å². The number of hydrogen-bond acceptors (Lipinski definition) is 5. The summed E-state index contributed by atoms with van der Waals surface area (Å²) in [6, 6.07) is 0. The Labute approximate surface area is 164 Å². The lowest BCUT2D eigenvalue weighted by atomic mass is 10.00. The Kier molecular flexibility index (Phi) is 11.9. The molecule has 0 spiro atoms. The number of Topliss-reactive ketones (excluding diaryl/α,β-unsaturated/α-hetero) is 1. The standard InChI is InChI=1S/C21H34O5S/c1-7-26-21(23)20(19(6)22)12-11-18(5)15-27(24,25)14-13-17(4)10-8-9-16(2)3/h9,11,13,20H,7-8,10,12,14-15H2,1-6H3/b17-13+,18-11+. The quantitative estimate of drug-likeness (QED) is 0.280. The summed E-state index contributed by atoms with van der Waals surface area (Å²) in [5.74, 6) is -1.81. The molecule has 1 unspecified atom stereocenters. The second-order valence-electron chi connectivity index (χ2n) is 7.13. The number of ketones is 1. The summed E-state index contributed by atoms with van der Waals surface area (Å²) >= 11 is 0. The number of carbonyl (C=O) groups is 2. The number of allylic oxidation sites excluding steroid dienone is 4. The van der Waals surface area contributed by atoms with E-state index in [0.717, 1.165) is 18.4 Å². The molecule has 0 aromatic carbocycles. The molecule has 0 fully saturated rings. The molecule has 0 bridgehead atoms. The van der Waals surface area contributed by atoms with E-state index < -0.39 is 21.7 Å². The summed E-state index contributed by atoms with van der Waals surface area (Å²) in [5, 5.41) is 0. The van der Waals surface area contributed by atoms with Crippen molar-refractivity contribution >= 4 is 21.6 Å². The third-order valence-electron chi connectivity index (χ3n) is 3.99. The first-order valence-electron chi connectivity index (χ1n) is 9.30. The molecule has 6 heteroatoms. The molecular formula is C21H34O5S. The highest BCUT2D eigenvalue weighted by molar-refractivity contribution is 7.91. The maximum Gasteiger partial charge on any atom is 0.316 e. The van der Waals surface area contributed by atoms with Gasteiger partial charge in [-0.1, -0.05) is 34.9 Å². The van der Waals surface area contributed by atoms with Gasteiger partial charge in [-0.05, 0) is 60.8 Å². The largest absolute Gasteiger partial charge is 0.465 e. The summed E-state index contributed by atoms with van der Waals surface area (Å²) in [5.41, 5.74) is 2.93. The molecule has 1 atom stereocenters. The van der Waals surface area contributed by atoms with Crippen molar-refractivity contribution < 1.29 is 22.7 Å². The highest BCUT2D eigenvalue weighted by atomic mass is 32.2. The summed E-state index contributed by atoms with van der Waals surface area (Å²) in [7, 11) is -3.28. The fourth-order valence-electron chi connectivity index (χ4n) is 2.41. The minimum atomic E-state index is -3.28. The molecule has 0 heterocycles. The van der Waals surface area contributed by atoms with Crippen LogP contribution in [0.4, 0.5) is 0 Å². The molecule has 0 saturated carbocycles. The van der Waals surface area contributed by atoms with Crippen LogP contribution < -0.4 is 0 Å². The lowest BCUT2D eigenvalue weighted by Gasteiger charge is -2.11. The summed E-state index contributed by atoms with van der Waals surface area (Å²) in [4.78, 5) is 23.4. The zero-order valence-electron chi connectivity index (χ0n) is 17.5. The molecule has 0 aromatic heterocycles. The minimum Gasteiger partial charge on any atom is -0.465 e. The molecule has 0 radical (unpaired) electrons. The van der Waals surface area contributed by atoms with Gasteiger partial charge in [0.2, 0.25) is 0 Å². The monoisotopic (exact) mass is 398 g/mol. The Morgan fingerprint density at radius 1 is 0.963 bits per heavy atom. The van der Waals surface area contributed by atoms with Crippen molar-refractivity contribution in [3.05, 3.63) is 34.9 Å². The number of carbonyl (C=O) groups excluding carboxylic acids is 2. The van der Waals surface area contributed by atoms with E-state index in [1.54, 1.807) is 26.0 Å². The number of sulfone groups is 1. The summed E-state index contributed by atoms with van der Waals surface area (Å²) in [6.07, 6.45) is 7.45. The lowest BCUT2D eigenvalue weighted by Crippen LogP contribution is -2.24. The van der Waals surface area contributed by atoms with Crippen molar-refractivity contribution in [3.63, 3.8) is 0 Å². The Hall–Kier alpha value is -1.69. The Morgan fingerprint density at radius 3 is 2.11 bits per heavy atom. The summed E-state index contributed by atoms with van der Waals surface area (Å²) in [6.45, 7) is 10.9. The molecule has 0 aromatic rings. The van der Waals surface area contributed by atoms with E-state index in [1.807, 2.05) is 20.8 Å². The van der Waals surface area contributed by atoms with Gasteiger partial charge in [0.15, 0.2) is 9.84 Å². The fourth-order valence-corrected chi connectivity index (χ4v) is 3.88. The number of hydrogen-bond donors (Lipinski definition) is 0. The van der Waals surface area contributed by atoms with Gasteiger partial charge in [-0.15, -0.1) is 0 Å². The highest BCUT2D eigenvalue weighted by Gasteiger charge is 2.23. The molecule has 0 N–H and O–H groups in total. The van der Waals surface area contributed by atoms with E-state index in [9.17, 15) is 18.0 Å². The van der Waals surface area contributed by atoms with Crippen LogP contribution in [0.2, 0.25) is 0 Å². The number of esters is 1. The van der Waals surface area contributed by atoms with Gasteiger partial charge in [0.25, 0.3) is 0 Å². The molecule has 0 aliphatic carbocycles. The molecule has 0 rings (SSSR count). The second kappa shape index (κ2) is 12.7. The molecule has 0 aliphatic heterocycles. The van der Waals surface area contributed by atoms with E-state index in [4.69, 9.17) is 4.74 Å². The average molecular weight is 399 g/mol. The second-order valence-corrected chi connectivity index (χ2v) is 9.24. The lowest BCUT2D eigenvalue weighted by molar-refractivity contribution is -0.150. The van der Waals surface area contributed by atoms with Crippen molar-refractivity contribution in [2.45, 2.75) is 60.8 Å². The van der Waals surface area contributed by atoms with Crippen LogP contribution in [0.1, 0.15) is 60.8 Å². The van der Waals surface area contributed by atoms with Gasteiger partial charge in [0, 0.05) is 0 Å². The zero-order chi connectivity index (χ0) is 21.0. The Morgan fingerprint density at radius 2 is 1.59 bits per heavy atom. The van der Waals surface area contributed by atoms with Gasteiger partial charge in [-0.25, -0.2) is 8.42 Å². The molecule has 27 heavy (non-hydrogen) atoms. The Bertz CT molecular complexity index is 692. The first kappa shape index (κ1) is 25.3. The van der Waals surface area contributed by atoms with Gasteiger partial charge < -0.3 is 4.74 Å². The van der Waals surface area contributed by atoms with Crippen molar-refractivity contribution in [2.75, 3.05) is 18.1 Å². The van der Waals surface area contributed by atoms with Crippen molar-refractivity contribution in [2.24, 2.45) is 5.92 Å². The number of rotatable bonds is 12. The van der Waals surface area contributed by atoms with Crippen molar-refractivity contribution in [1.29, 1.82) is 0 Å². The van der Waals surface area contributed by atoms with Crippen LogP contribution in [0.3, 0.4) is 0 Å². The SMILES string of the molecule is CCOC(=O)C(C/C=C(\C)CS(=O)(=O)C/C=C(\C)CCC=C(C)C)C(C)=O. The molecule has 154 valence electrons. The van der Waals surface area contributed by atoms with Gasteiger partial charge in [0.1, 0.15) is 11.7 Å². The van der Waals surface area contributed by atoms with Crippen LogP contribution in [0.15, 0.2) is 34.9 Å². The number of ether oxygens (including phenoxy) is 1. The highest BCUT2D eigenvalue weighted by Crippen LogP contribution is 2.13. The predicted molar refractivity (Wildman–Crippen MR) is 110 cm³/mol. The van der Waals surface area contributed by atoms with Gasteiger partial charge >= 0.3 is 5.97 Å². The maximum atomic E-state index is 12.3. The van der Waals surface area contributed by atoms with E-state index in [2.05, 4.69) is 6.08 Å². The smallest absolute Gasteiger partial charge is 0.316 e. The third kappa shape index (κ3) is 12.3. The van der Waals surface area contributed by atoms with Gasteiger partial charge in [0.05, 0.1) is 18.1 Å². The first-order valence-corrected chi connectivity index (χ1v) is 11.1. The van der Waals surface area contributed by atoms with Gasteiger partial charge in [-0.3, -0.25) is 9.59 Å². The molecular weight excluding hydrogens is 364 g/mol. The molecule has 0 aliphatic rings. The van der Waals surface area contributed by atoms with Crippen LogP contribution in [-0.4, -0.2) is 38.3 Å². The van der Waals surface area contributed by atoms with Gasteiger partial charge in [-0.2, -0.15) is 0 Å². The zero-order valence-corrected chi connectivity index (χ0v) is 18.3. The normalized spacial score (nSPS) is 13.9. The molecule has 0 saturated heterocycles. The van der Waals surface area contributed by atoms with Crippen LogP contribution in [0, 0.1) is 5.92 Å².